The molecule has 3 rings (SSSR count). The van der Waals surface area contributed by atoms with E-state index in [2.05, 4.69) is 17.0 Å². The fourth-order valence-electron chi connectivity index (χ4n) is 3.83. The van der Waals surface area contributed by atoms with Gasteiger partial charge >= 0.3 is 6.18 Å². The van der Waals surface area contributed by atoms with Gasteiger partial charge in [0.2, 0.25) is 11.8 Å². The van der Waals surface area contributed by atoms with Gasteiger partial charge in [0.25, 0.3) is 0 Å². The molecule has 1 aliphatic rings. The summed E-state index contributed by atoms with van der Waals surface area (Å²) >= 11 is 5.74. The minimum atomic E-state index is -4.53. The summed E-state index contributed by atoms with van der Waals surface area (Å²) in [7, 11) is 0. The Kier molecular flexibility index (Phi) is 7.21. The number of alkyl halides is 3. The van der Waals surface area contributed by atoms with E-state index < -0.39 is 24.1 Å². The maximum atomic E-state index is 14.1. The minimum absolute atomic E-state index is 0.0796. The fourth-order valence-corrected chi connectivity index (χ4v) is 3.95. The number of halogens is 5. The molecule has 1 fully saturated rings. The highest BCUT2D eigenvalue weighted by Gasteiger charge is 2.39. The van der Waals surface area contributed by atoms with Gasteiger partial charge < -0.3 is 14.8 Å². The number of nitrogens with zero attached hydrogens (tertiary/aromatic N) is 3. The van der Waals surface area contributed by atoms with E-state index in [0.717, 1.165) is 10.6 Å². The van der Waals surface area contributed by atoms with E-state index in [0.29, 0.717) is 13.1 Å². The minimum Gasteiger partial charge on any atom is -0.352 e. The van der Waals surface area contributed by atoms with Crippen molar-refractivity contribution in [1.29, 1.82) is 0 Å². The average Bonchev–Trinajstić information content (AvgIpc) is 3.07. The standard InChI is InChI=1S/C23H23ClF4N4O2/c1-22(2)21(34)30-9-10-32(22)19(33)6-4-5-15-16(14-7-8-17(24)18(25)11-14)12-31(20(15)29-3)13-23(26,27)28/h4-5,7-8,11-12H,3,6,9-10,13H2,1-2H3,(H,30,34)/b5-4-. The van der Waals surface area contributed by atoms with Crippen LogP contribution in [0.15, 0.2) is 35.5 Å². The Morgan fingerprint density at radius 3 is 2.68 bits per heavy atom. The monoisotopic (exact) mass is 498 g/mol. The van der Waals surface area contributed by atoms with Crippen molar-refractivity contribution in [3.05, 3.63) is 46.9 Å². The molecular formula is C23H23ClF4N4O2. The molecule has 2 aromatic rings. The lowest BCUT2D eigenvalue weighted by Crippen LogP contribution is -2.63. The normalized spacial score (nSPS) is 16.1. The molecule has 0 unspecified atom stereocenters. The molecule has 0 atom stereocenters. The van der Waals surface area contributed by atoms with Crippen molar-refractivity contribution >= 4 is 42.0 Å². The van der Waals surface area contributed by atoms with Crippen molar-refractivity contribution in [3.8, 4) is 11.1 Å². The Bertz CT molecular complexity index is 1150. The summed E-state index contributed by atoms with van der Waals surface area (Å²) in [6.07, 6.45) is -0.499. The van der Waals surface area contributed by atoms with Gasteiger partial charge in [-0.1, -0.05) is 29.8 Å². The van der Waals surface area contributed by atoms with Crippen LogP contribution in [0.4, 0.5) is 23.4 Å². The number of aliphatic imine (C=N–C) groups is 1. The number of aromatic nitrogens is 1. The number of nitrogens with one attached hydrogen (secondary N) is 1. The SMILES string of the molecule is C=Nc1c(/C=C\CC(=O)N2CCNC(=O)C2(C)C)c(-c2ccc(Cl)c(F)c2)cn1CC(F)(F)F. The van der Waals surface area contributed by atoms with Crippen LogP contribution < -0.4 is 5.32 Å². The third kappa shape index (κ3) is 5.32. The molecule has 2 amide bonds. The van der Waals surface area contributed by atoms with Crippen LogP contribution in [-0.4, -0.2) is 52.8 Å². The molecule has 0 radical (unpaired) electrons. The first kappa shape index (κ1) is 25.5. The topological polar surface area (TPSA) is 66.7 Å². The van der Waals surface area contributed by atoms with Gasteiger partial charge in [-0.25, -0.2) is 9.38 Å². The molecular weight excluding hydrogens is 476 g/mol. The maximum Gasteiger partial charge on any atom is 0.406 e. The molecule has 34 heavy (non-hydrogen) atoms. The van der Waals surface area contributed by atoms with E-state index in [9.17, 15) is 27.2 Å². The Labute approximate surface area is 198 Å². The molecule has 6 nitrogen and oxygen atoms in total. The highest BCUT2D eigenvalue weighted by atomic mass is 35.5. The third-order valence-corrected chi connectivity index (χ3v) is 5.85. The summed E-state index contributed by atoms with van der Waals surface area (Å²) in [6.45, 7) is 5.98. The second-order valence-electron chi connectivity index (χ2n) is 8.28. The first-order valence-electron chi connectivity index (χ1n) is 10.3. The van der Waals surface area contributed by atoms with Gasteiger partial charge in [0.05, 0.1) is 5.02 Å². The molecule has 1 aromatic carbocycles. The summed E-state index contributed by atoms with van der Waals surface area (Å²) in [4.78, 5) is 30.1. The van der Waals surface area contributed by atoms with Gasteiger partial charge in [-0.15, -0.1) is 0 Å². The number of hydrogen-bond acceptors (Lipinski definition) is 3. The number of hydrogen-bond donors (Lipinski definition) is 1. The molecule has 1 aromatic heterocycles. The largest absolute Gasteiger partial charge is 0.406 e. The lowest BCUT2D eigenvalue weighted by molar-refractivity contribution is -0.148. The highest BCUT2D eigenvalue weighted by molar-refractivity contribution is 6.30. The van der Waals surface area contributed by atoms with E-state index >= 15 is 0 Å². The zero-order valence-corrected chi connectivity index (χ0v) is 19.3. The zero-order valence-electron chi connectivity index (χ0n) is 18.5. The van der Waals surface area contributed by atoms with Crippen LogP contribution in [0.2, 0.25) is 5.02 Å². The van der Waals surface area contributed by atoms with Gasteiger partial charge in [0.1, 0.15) is 23.7 Å². The lowest BCUT2D eigenvalue weighted by atomic mass is 9.98. The van der Waals surface area contributed by atoms with Crippen LogP contribution in [0.5, 0.6) is 0 Å². The Hall–Kier alpha value is -3.14. The average molecular weight is 499 g/mol. The molecule has 2 heterocycles. The summed E-state index contributed by atoms with van der Waals surface area (Å²) in [6, 6.07) is 3.89. The molecule has 182 valence electrons. The summed E-state index contributed by atoms with van der Waals surface area (Å²) < 4.78 is 54.3. The number of carbonyl (C=O) groups excluding carboxylic acids is 2. The summed E-state index contributed by atoms with van der Waals surface area (Å²) in [5.41, 5.74) is -0.237. The van der Waals surface area contributed by atoms with Crippen LogP contribution in [0.25, 0.3) is 17.2 Å². The smallest absolute Gasteiger partial charge is 0.352 e. The van der Waals surface area contributed by atoms with E-state index in [4.69, 9.17) is 11.6 Å². The van der Waals surface area contributed by atoms with E-state index in [1.807, 2.05) is 0 Å². The molecule has 1 N–H and O–H groups in total. The number of rotatable bonds is 6. The van der Waals surface area contributed by atoms with Crippen LogP contribution in [0.3, 0.4) is 0 Å². The van der Waals surface area contributed by atoms with Crippen molar-refractivity contribution in [2.24, 2.45) is 4.99 Å². The van der Waals surface area contributed by atoms with Crippen LogP contribution in [-0.2, 0) is 16.1 Å². The van der Waals surface area contributed by atoms with Gasteiger partial charge in [-0.3, -0.25) is 9.59 Å². The predicted molar refractivity (Wildman–Crippen MR) is 123 cm³/mol. The van der Waals surface area contributed by atoms with Gasteiger partial charge in [0.15, 0.2) is 0 Å². The zero-order chi connectivity index (χ0) is 25.3. The quantitative estimate of drug-likeness (QED) is 0.451. The van der Waals surface area contributed by atoms with Crippen molar-refractivity contribution in [1.82, 2.24) is 14.8 Å². The Morgan fingerprint density at radius 2 is 2.06 bits per heavy atom. The molecule has 0 saturated carbocycles. The molecule has 0 spiro atoms. The number of amides is 2. The van der Waals surface area contributed by atoms with Crippen molar-refractivity contribution < 1.29 is 27.2 Å². The van der Waals surface area contributed by atoms with Crippen LogP contribution in [0.1, 0.15) is 25.8 Å². The van der Waals surface area contributed by atoms with Crippen LogP contribution in [0, 0.1) is 5.82 Å². The number of piperazine rings is 1. The molecule has 1 aliphatic heterocycles. The number of carbonyl (C=O) groups is 2. The fraction of sp³-hybridized carbons (Fsp3) is 0.348. The van der Waals surface area contributed by atoms with E-state index in [1.54, 1.807) is 13.8 Å². The van der Waals surface area contributed by atoms with E-state index in [-0.39, 0.29) is 45.8 Å². The van der Waals surface area contributed by atoms with Gasteiger partial charge in [-0.2, -0.15) is 13.2 Å². The third-order valence-electron chi connectivity index (χ3n) is 5.55. The molecule has 1 saturated heterocycles. The van der Waals surface area contributed by atoms with Gasteiger partial charge in [0, 0.05) is 36.8 Å². The van der Waals surface area contributed by atoms with Crippen molar-refractivity contribution in [2.45, 2.75) is 38.5 Å². The summed E-state index contributed by atoms with van der Waals surface area (Å²) in [5.74, 6) is -1.40. The second kappa shape index (κ2) is 9.61. The van der Waals surface area contributed by atoms with E-state index in [1.165, 1.54) is 35.4 Å². The number of benzene rings is 1. The van der Waals surface area contributed by atoms with Crippen LogP contribution >= 0.6 is 11.6 Å². The Morgan fingerprint density at radius 1 is 1.35 bits per heavy atom. The second-order valence-corrected chi connectivity index (χ2v) is 8.68. The molecule has 0 bridgehead atoms. The molecule has 11 heteroatoms. The Balaban J connectivity index is 1.97. The first-order chi connectivity index (χ1) is 15.8. The summed E-state index contributed by atoms with van der Waals surface area (Å²) in [5, 5.41) is 2.58. The van der Waals surface area contributed by atoms with Gasteiger partial charge in [-0.05, 0) is 38.3 Å². The maximum absolute atomic E-state index is 14.1. The van der Waals surface area contributed by atoms with Crippen molar-refractivity contribution in [2.75, 3.05) is 13.1 Å². The predicted octanol–water partition coefficient (Wildman–Crippen LogP) is 4.98. The van der Waals surface area contributed by atoms with Crippen molar-refractivity contribution in [3.63, 3.8) is 0 Å². The highest BCUT2D eigenvalue weighted by Crippen LogP contribution is 2.37. The lowest BCUT2D eigenvalue weighted by Gasteiger charge is -2.41. The first-order valence-corrected chi connectivity index (χ1v) is 10.7. The molecule has 0 aliphatic carbocycles.